The maximum atomic E-state index is 13.5. The van der Waals surface area contributed by atoms with Gasteiger partial charge in [0.25, 0.3) is 0 Å². The fourth-order valence-electron chi connectivity index (χ4n) is 1.98. The Morgan fingerprint density at radius 1 is 1.59 bits per heavy atom. The van der Waals surface area contributed by atoms with Crippen LogP contribution in [0, 0.1) is 5.82 Å². The number of aromatic nitrogens is 2. The summed E-state index contributed by atoms with van der Waals surface area (Å²) < 4.78 is 19.1. The third kappa shape index (κ3) is 3.03. The monoisotopic (exact) mass is 240 g/mol. The molecule has 5 nitrogen and oxygen atoms in total. The highest BCUT2D eigenvalue weighted by Crippen LogP contribution is 2.18. The molecule has 0 saturated carbocycles. The quantitative estimate of drug-likeness (QED) is 0.860. The SMILES string of the molecule is CN(CC1CCCCO1)c1nc(N)ncc1F. The lowest BCUT2D eigenvalue weighted by Gasteiger charge is -2.28. The molecule has 1 atom stereocenters. The standard InChI is InChI=1S/C11H17FN4O/c1-16(7-8-4-2-3-5-17-8)10-9(12)6-14-11(13)15-10/h6,8H,2-5,7H2,1H3,(H2,13,14,15). The van der Waals surface area contributed by atoms with Gasteiger partial charge in [-0.3, -0.25) is 0 Å². The molecule has 94 valence electrons. The molecule has 1 saturated heterocycles. The summed E-state index contributed by atoms with van der Waals surface area (Å²) in [6.45, 7) is 1.40. The molecule has 1 unspecified atom stereocenters. The van der Waals surface area contributed by atoms with E-state index in [9.17, 15) is 4.39 Å². The zero-order valence-corrected chi connectivity index (χ0v) is 9.90. The Hall–Kier alpha value is -1.43. The molecule has 1 fully saturated rings. The van der Waals surface area contributed by atoms with E-state index in [-0.39, 0.29) is 17.9 Å². The van der Waals surface area contributed by atoms with Crippen LogP contribution in [0.15, 0.2) is 6.20 Å². The molecule has 1 aliphatic heterocycles. The van der Waals surface area contributed by atoms with Crippen molar-refractivity contribution in [3.05, 3.63) is 12.0 Å². The van der Waals surface area contributed by atoms with Gasteiger partial charge >= 0.3 is 0 Å². The highest BCUT2D eigenvalue weighted by molar-refractivity contribution is 5.41. The van der Waals surface area contributed by atoms with E-state index in [2.05, 4.69) is 9.97 Å². The van der Waals surface area contributed by atoms with Crippen molar-refractivity contribution >= 4 is 11.8 Å². The number of nitrogens with two attached hydrogens (primary N) is 1. The van der Waals surface area contributed by atoms with Crippen molar-refractivity contribution in [2.45, 2.75) is 25.4 Å². The normalized spacial score (nSPS) is 20.2. The fraction of sp³-hybridized carbons (Fsp3) is 0.636. The van der Waals surface area contributed by atoms with Crippen LogP contribution in [0.4, 0.5) is 16.2 Å². The van der Waals surface area contributed by atoms with E-state index >= 15 is 0 Å². The van der Waals surface area contributed by atoms with Crippen LogP contribution in [-0.2, 0) is 4.74 Å². The maximum Gasteiger partial charge on any atom is 0.222 e. The summed E-state index contributed by atoms with van der Waals surface area (Å²) in [5, 5.41) is 0. The lowest BCUT2D eigenvalue weighted by atomic mass is 10.1. The molecular formula is C11H17FN4O. The average Bonchev–Trinajstić information content (AvgIpc) is 2.33. The van der Waals surface area contributed by atoms with Crippen LogP contribution >= 0.6 is 0 Å². The van der Waals surface area contributed by atoms with Crippen molar-refractivity contribution in [2.24, 2.45) is 0 Å². The minimum absolute atomic E-state index is 0.0813. The molecule has 2 rings (SSSR count). The Kier molecular flexibility index (Phi) is 3.73. The van der Waals surface area contributed by atoms with Crippen LogP contribution < -0.4 is 10.6 Å². The molecule has 17 heavy (non-hydrogen) atoms. The van der Waals surface area contributed by atoms with Gasteiger partial charge in [-0.25, -0.2) is 9.37 Å². The van der Waals surface area contributed by atoms with Crippen LogP contribution in [0.2, 0.25) is 0 Å². The topological polar surface area (TPSA) is 64.3 Å². The van der Waals surface area contributed by atoms with Gasteiger partial charge in [0, 0.05) is 20.2 Å². The first-order valence-corrected chi connectivity index (χ1v) is 5.77. The minimum Gasteiger partial charge on any atom is -0.376 e. The van der Waals surface area contributed by atoms with Crippen LogP contribution in [0.3, 0.4) is 0 Å². The average molecular weight is 240 g/mol. The molecule has 1 aromatic heterocycles. The lowest BCUT2D eigenvalue weighted by Crippen LogP contribution is -2.34. The fourth-order valence-corrected chi connectivity index (χ4v) is 1.98. The van der Waals surface area contributed by atoms with Crippen LogP contribution in [0.25, 0.3) is 0 Å². The molecule has 1 aliphatic rings. The van der Waals surface area contributed by atoms with Crippen molar-refractivity contribution in [2.75, 3.05) is 30.8 Å². The number of nitrogen functional groups attached to an aromatic ring is 1. The maximum absolute atomic E-state index is 13.5. The Balaban J connectivity index is 2.02. The molecule has 1 aromatic rings. The van der Waals surface area contributed by atoms with E-state index < -0.39 is 5.82 Å². The summed E-state index contributed by atoms with van der Waals surface area (Å²) in [5.74, 6) is -0.151. The van der Waals surface area contributed by atoms with Crippen LogP contribution in [0.1, 0.15) is 19.3 Å². The lowest BCUT2D eigenvalue weighted by molar-refractivity contribution is 0.0215. The van der Waals surface area contributed by atoms with Crippen LogP contribution in [0.5, 0.6) is 0 Å². The second kappa shape index (κ2) is 5.27. The summed E-state index contributed by atoms with van der Waals surface area (Å²) in [7, 11) is 1.78. The number of ether oxygens (including phenoxy) is 1. The smallest absolute Gasteiger partial charge is 0.222 e. The van der Waals surface area contributed by atoms with E-state index in [0.29, 0.717) is 6.54 Å². The Morgan fingerprint density at radius 2 is 2.41 bits per heavy atom. The summed E-state index contributed by atoms with van der Waals surface area (Å²) in [6.07, 6.45) is 4.51. The number of halogens is 1. The minimum atomic E-state index is -0.461. The summed E-state index contributed by atoms with van der Waals surface area (Å²) in [4.78, 5) is 9.23. The summed E-state index contributed by atoms with van der Waals surface area (Å²) >= 11 is 0. The first-order valence-electron chi connectivity index (χ1n) is 5.77. The molecule has 0 radical (unpaired) electrons. The van der Waals surface area contributed by atoms with Gasteiger partial charge in [-0.1, -0.05) is 0 Å². The molecule has 0 spiro atoms. The molecule has 0 aromatic carbocycles. The molecule has 2 heterocycles. The van der Waals surface area contributed by atoms with E-state index in [1.807, 2.05) is 0 Å². The first-order chi connectivity index (χ1) is 8.16. The van der Waals surface area contributed by atoms with Gasteiger partial charge in [0.2, 0.25) is 5.95 Å². The van der Waals surface area contributed by atoms with Gasteiger partial charge in [0.15, 0.2) is 11.6 Å². The van der Waals surface area contributed by atoms with Gasteiger partial charge in [0.1, 0.15) is 0 Å². The predicted octanol–water partition coefficient (Wildman–Crippen LogP) is 1.20. The molecule has 0 amide bonds. The van der Waals surface area contributed by atoms with Gasteiger partial charge in [-0.15, -0.1) is 0 Å². The van der Waals surface area contributed by atoms with Crippen molar-refractivity contribution < 1.29 is 9.13 Å². The summed E-state index contributed by atoms with van der Waals surface area (Å²) in [5.41, 5.74) is 5.45. The number of likely N-dealkylation sites (N-methyl/N-ethyl adjacent to an activating group) is 1. The Bertz CT molecular complexity index is 382. The second-order valence-electron chi connectivity index (χ2n) is 4.27. The van der Waals surface area contributed by atoms with Gasteiger partial charge in [-0.05, 0) is 19.3 Å². The number of hydrogen-bond donors (Lipinski definition) is 1. The van der Waals surface area contributed by atoms with E-state index in [0.717, 1.165) is 32.1 Å². The third-order valence-corrected chi connectivity index (χ3v) is 2.86. The van der Waals surface area contributed by atoms with Gasteiger partial charge < -0.3 is 15.4 Å². The zero-order chi connectivity index (χ0) is 12.3. The van der Waals surface area contributed by atoms with Crippen molar-refractivity contribution in [1.29, 1.82) is 0 Å². The zero-order valence-electron chi connectivity index (χ0n) is 9.90. The third-order valence-electron chi connectivity index (χ3n) is 2.86. The highest BCUT2D eigenvalue weighted by atomic mass is 19.1. The van der Waals surface area contributed by atoms with Gasteiger partial charge in [0.05, 0.1) is 12.3 Å². The largest absolute Gasteiger partial charge is 0.376 e. The second-order valence-corrected chi connectivity index (χ2v) is 4.27. The molecule has 2 N–H and O–H groups in total. The number of hydrogen-bond acceptors (Lipinski definition) is 5. The first kappa shape index (κ1) is 12.0. The van der Waals surface area contributed by atoms with Gasteiger partial charge in [-0.2, -0.15) is 4.98 Å². The van der Waals surface area contributed by atoms with E-state index in [4.69, 9.17) is 10.5 Å². The summed E-state index contributed by atoms with van der Waals surface area (Å²) in [6, 6.07) is 0. The van der Waals surface area contributed by atoms with Crippen molar-refractivity contribution in [3.8, 4) is 0 Å². The number of anilines is 2. The molecule has 0 aliphatic carbocycles. The van der Waals surface area contributed by atoms with E-state index in [1.54, 1.807) is 11.9 Å². The Morgan fingerprint density at radius 3 is 3.12 bits per heavy atom. The molecule has 6 heteroatoms. The van der Waals surface area contributed by atoms with Crippen molar-refractivity contribution in [3.63, 3.8) is 0 Å². The van der Waals surface area contributed by atoms with E-state index in [1.165, 1.54) is 0 Å². The molecule has 0 bridgehead atoms. The Labute approximate surface area is 99.8 Å². The van der Waals surface area contributed by atoms with Crippen LogP contribution in [-0.4, -0.2) is 36.3 Å². The molecular weight excluding hydrogens is 223 g/mol. The number of rotatable bonds is 3. The highest BCUT2D eigenvalue weighted by Gasteiger charge is 2.18. The number of nitrogens with zero attached hydrogens (tertiary/aromatic N) is 3. The van der Waals surface area contributed by atoms with Crippen molar-refractivity contribution in [1.82, 2.24) is 9.97 Å². The predicted molar refractivity (Wildman–Crippen MR) is 63.3 cm³/mol.